The Hall–Kier alpha value is -3.63. The molecule has 1 amide bonds. The maximum atomic E-state index is 15.1. The molecule has 2 aromatic heterocycles. The fraction of sp³-hybridized carbons (Fsp3) is 0.250. The number of halogens is 7. The molecule has 2 unspecified atom stereocenters. The fourth-order valence-corrected chi connectivity index (χ4v) is 4.78. The van der Waals surface area contributed by atoms with Crippen molar-refractivity contribution in [3.63, 3.8) is 0 Å². The minimum Gasteiger partial charge on any atom is -0.450 e. The van der Waals surface area contributed by atoms with Gasteiger partial charge in [0.05, 0.1) is 22.5 Å². The van der Waals surface area contributed by atoms with Gasteiger partial charge in [-0.05, 0) is 44.6 Å². The van der Waals surface area contributed by atoms with E-state index in [-0.39, 0.29) is 22.7 Å². The Bertz CT molecular complexity index is 1570. The lowest BCUT2D eigenvalue weighted by Crippen LogP contribution is -2.49. The van der Waals surface area contributed by atoms with E-state index in [9.17, 15) is 26.7 Å². The summed E-state index contributed by atoms with van der Waals surface area (Å²) in [7, 11) is 2.47. The van der Waals surface area contributed by atoms with E-state index in [1.54, 1.807) is 30.3 Å². The second kappa shape index (κ2) is 11.9. The van der Waals surface area contributed by atoms with Crippen LogP contribution < -0.4 is 10.1 Å². The molecule has 0 saturated carbocycles. The SMILES string of the molecule is Cn1ncc(C(=O)N[C@@](Cc2ccccc2)(c2cc(F)cc(OC(F)(P)C(F)F)c2)c2ccc(Cl)cn2)c1C(C)(F)F. The largest absolute Gasteiger partial charge is 0.450 e. The number of ether oxygens (including phenoxy) is 1. The third-order valence-electron chi connectivity index (χ3n) is 6.34. The molecule has 1 N–H and O–H groups in total. The van der Waals surface area contributed by atoms with Crippen LogP contribution in [0.5, 0.6) is 5.75 Å². The van der Waals surface area contributed by atoms with Gasteiger partial charge in [0, 0.05) is 32.7 Å². The molecule has 6 nitrogen and oxygen atoms in total. The van der Waals surface area contributed by atoms with Crippen molar-refractivity contribution in [3.05, 3.63) is 112 Å². The molecule has 0 aliphatic rings. The van der Waals surface area contributed by atoms with Gasteiger partial charge in [0.1, 0.15) is 22.8 Å². The van der Waals surface area contributed by atoms with Crippen LogP contribution in [0.3, 0.4) is 0 Å². The van der Waals surface area contributed by atoms with E-state index in [1.807, 2.05) is 0 Å². The van der Waals surface area contributed by atoms with Gasteiger partial charge in [-0.2, -0.15) is 18.3 Å². The van der Waals surface area contributed by atoms with Gasteiger partial charge < -0.3 is 10.1 Å². The summed E-state index contributed by atoms with van der Waals surface area (Å²) in [6.45, 7) is 0.601. The highest BCUT2D eigenvalue weighted by Gasteiger charge is 2.43. The number of nitrogens with zero attached hydrogens (tertiary/aromatic N) is 3. The van der Waals surface area contributed by atoms with Crippen LogP contribution in [0.2, 0.25) is 5.02 Å². The number of pyridine rings is 1. The number of hydrogen-bond donors (Lipinski definition) is 1. The van der Waals surface area contributed by atoms with Crippen molar-refractivity contribution in [2.75, 3.05) is 0 Å². The number of aromatic nitrogens is 3. The number of alkyl halides is 5. The summed E-state index contributed by atoms with van der Waals surface area (Å²) < 4.78 is 90.7. The van der Waals surface area contributed by atoms with E-state index in [0.29, 0.717) is 18.6 Å². The van der Waals surface area contributed by atoms with Gasteiger partial charge in [0.15, 0.2) is 0 Å². The van der Waals surface area contributed by atoms with E-state index in [4.69, 9.17) is 16.3 Å². The summed E-state index contributed by atoms with van der Waals surface area (Å²) in [5.74, 6) is -6.17. The van der Waals surface area contributed by atoms with E-state index in [0.717, 1.165) is 23.0 Å². The van der Waals surface area contributed by atoms with Crippen LogP contribution in [0.15, 0.2) is 73.1 Å². The molecule has 3 atom stereocenters. The first kappa shape index (κ1) is 31.3. The van der Waals surface area contributed by atoms with Gasteiger partial charge in [-0.15, -0.1) is 0 Å². The summed E-state index contributed by atoms with van der Waals surface area (Å²) >= 11 is 6.06. The first-order valence-corrected chi connectivity index (χ1v) is 13.2. The predicted octanol–water partition coefficient (Wildman–Crippen LogP) is 6.78. The second-order valence-electron chi connectivity index (χ2n) is 9.58. The number of nitrogens with one attached hydrogen (secondary N) is 1. The van der Waals surface area contributed by atoms with Crippen molar-refractivity contribution in [2.45, 2.75) is 36.8 Å². The number of carbonyl (C=O) groups is 1. The van der Waals surface area contributed by atoms with Crippen LogP contribution in [0.25, 0.3) is 0 Å². The molecule has 0 aliphatic heterocycles. The van der Waals surface area contributed by atoms with Crippen molar-refractivity contribution >= 4 is 26.7 Å². The normalized spacial score (nSPS) is 14.7. The molecule has 0 saturated heterocycles. The first-order chi connectivity index (χ1) is 19.6. The van der Waals surface area contributed by atoms with E-state index >= 15 is 4.39 Å². The number of rotatable bonds is 10. The zero-order valence-corrected chi connectivity index (χ0v) is 24.0. The molecule has 4 aromatic rings. The van der Waals surface area contributed by atoms with Crippen molar-refractivity contribution in [3.8, 4) is 5.75 Å². The summed E-state index contributed by atoms with van der Waals surface area (Å²) in [5.41, 5.74) is -6.06. The summed E-state index contributed by atoms with van der Waals surface area (Å²) in [6, 6.07) is 14.1. The monoisotopic (exact) mass is 628 g/mol. The molecule has 0 radical (unpaired) electrons. The number of hydrogen-bond acceptors (Lipinski definition) is 4. The standard InChI is InChI=1S/C28H24ClF6N4O2P/c1-26(33,34)23-21(15-37-39(23)2)24(40)38-27(13-16-6-4-3-5-7-16,22-9-8-18(29)14-36-22)17-10-19(30)12-20(11-17)41-28(35,42)25(31)32/h3-12,14-15,25H,13,42H2,1-2H3,(H,38,40)/t27-,28?/m0/s1. The molecule has 0 aliphatic carbocycles. The summed E-state index contributed by atoms with van der Waals surface area (Å²) in [5, 5.41) is 6.73. The highest BCUT2D eigenvalue weighted by molar-refractivity contribution is 7.18. The minimum atomic E-state index is -3.61. The maximum absolute atomic E-state index is 15.1. The molecule has 2 aromatic carbocycles. The molecular weight excluding hydrogens is 605 g/mol. The highest BCUT2D eigenvalue weighted by atomic mass is 35.5. The number of amides is 1. The van der Waals surface area contributed by atoms with Crippen LogP contribution in [-0.4, -0.2) is 32.7 Å². The fourth-order valence-electron chi connectivity index (χ4n) is 4.53. The van der Waals surface area contributed by atoms with Crippen molar-refractivity contribution in [1.29, 1.82) is 0 Å². The van der Waals surface area contributed by atoms with Crippen molar-refractivity contribution in [2.24, 2.45) is 7.05 Å². The Morgan fingerprint density at radius 1 is 1.10 bits per heavy atom. The lowest BCUT2D eigenvalue weighted by molar-refractivity contribution is -0.0971. The van der Waals surface area contributed by atoms with E-state index in [1.165, 1.54) is 34.6 Å². The van der Waals surface area contributed by atoms with Gasteiger partial charge in [0.2, 0.25) is 0 Å². The summed E-state index contributed by atoms with van der Waals surface area (Å²) in [4.78, 5) is 18.1. The lowest BCUT2D eigenvalue weighted by atomic mass is 9.80. The Kier molecular flexibility index (Phi) is 8.89. The van der Waals surface area contributed by atoms with Crippen LogP contribution in [0, 0.1) is 5.82 Å². The molecule has 222 valence electrons. The Morgan fingerprint density at radius 3 is 2.38 bits per heavy atom. The van der Waals surface area contributed by atoms with Gasteiger partial charge in [-0.3, -0.25) is 14.5 Å². The molecule has 2 heterocycles. The van der Waals surface area contributed by atoms with E-state index in [2.05, 4.69) is 15.4 Å². The molecule has 0 bridgehead atoms. The zero-order valence-electron chi connectivity index (χ0n) is 22.1. The highest BCUT2D eigenvalue weighted by Crippen LogP contribution is 2.39. The number of benzene rings is 2. The molecule has 42 heavy (non-hydrogen) atoms. The molecule has 0 fully saturated rings. The van der Waals surface area contributed by atoms with Gasteiger partial charge in [-0.25, -0.2) is 13.2 Å². The minimum absolute atomic E-state index is 0.0700. The van der Waals surface area contributed by atoms with Gasteiger partial charge in [0.25, 0.3) is 11.8 Å². The Morgan fingerprint density at radius 2 is 1.79 bits per heavy atom. The second-order valence-corrected chi connectivity index (χ2v) is 10.8. The van der Waals surface area contributed by atoms with Gasteiger partial charge >= 0.3 is 12.0 Å². The Balaban J connectivity index is 1.97. The predicted molar refractivity (Wildman–Crippen MR) is 147 cm³/mol. The zero-order chi connectivity index (χ0) is 30.9. The third-order valence-corrected chi connectivity index (χ3v) is 6.93. The quantitative estimate of drug-likeness (QED) is 0.155. The van der Waals surface area contributed by atoms with Crippen LogP contribution in [0.4, 0.5) is 26.3 Å². The Labute approximate surface area is 244 Å². The van der Waals surface area contributed by atoms with Crippen LogP contribution in [-0.2, 0) is 24.9 Å². The third kappa shape index (κ3) is 6.71. The topological polar surface area (TPSA) is 69.0 Å². The number of carbonyl (C=O) groups excluding carboxylic acids is 1. The smallest absolute Gasteiger partial charge is 0.319 e. The molecule has 0 spiro atoms. The summed E-state index contributed by atoms with van der Waals surface area (Å²) in [6.07, 6.45) is -1.55. The van der Waals surface area contributed by atoms with E-state index < -0.39 is 52.2 Å². The maximum Gasteiger partial charge on any atom is 0.319 e. The average molecular weight is 629 g/mol. The van der Waals surface area contributed by atoms with Gasteiger partial charge in [-0.1, -0.05) is 41.9 Å². The molecule has 4 rings (SSSR count). The lowest BCUT2D eigenvalue weighted by Gasteiger charge is -2.36. The van der Waals surface area contributed by atoms with Crippen LogP contribution in [0.1, 0.15) is 39.8 Å². The number of aryl methyl sites for hydroxylation is 1. The molecular formula is C28H24ClF6N4O2P. The molecule has 14 heteroatoms. The van der Waals surface area contributed by atoms with Crippen molar-refractivity contribution in [1.82, 2.24) is 20.1 Å². The first-order valence-electron chi connectivity index (χ1n) is 12.3. The average Bonchev–Trinajstić information content (AvgIpc) is 3.31. The van der Waals surface area contributed by atoms with Crippen LogP contribution >= 0.6 is 20.8 Å². The van der Waals surface area contributed by atoms with Crippen molar-refractivity contribution < 1.29 is 35.9 Å².